The molecule has 0 bridgehead atoms. The summed E-state index contributed by atoms with van der Waals surface area (Å²) in [6.45, 7) is 5.72. The van der Waals surface area contributed by atoms with Gasteiger partial charge in [-0.05, 0) is 40.0 Å². The summed E-state index contributed by atoms with van der Waals surface area (Å²) in [5, 5.41) is 0. The molecule has 0 saturated heterocycles. The summed E-state index contributed by atoms with van der Waals surface area (Å²) in [7, 11) is 1.53. The van der Waals surface area contributed by atoms with Gasteiger partial charge < -0.3 is 9.47 Å². The van der Waals surface area contributed by atoms with E-state index in [1.807, 2.05) is 0 Å². The Morgan fingerprint density at radius 2 is 2.00 bits per heavy atom. The van der Waals surface area contributed by atoms with Gasteiger partial charge in [-0.2, -0.15) is 0 Å². The first-order chi connectivity index (χ1) is 8.80. The van der Waals surface area contributed by atoms with Crippen molar-refractivity contribution in [1.29, 1.82) is 0 Å². The van der Waals surface area contributed by atoms with Crippen LogP contribution < -0.4 is 4.74 Å². The van der Waals surface area contributed by atoms with E-state index in [9.17, 15) is 8.42 Å². The Morgan fingerprint density at radius 1 is 1.32 bits per heavy atom. The van der Waals surface area contributed by atoms with E-state index in [2.05, 4.69) is 29.8 Å². The normalized spacial score (nSPS) is 11.8. The van der Waals surface area contributed by atoms with Crippen molar-refractivity contribution in [2.24, 2.45) is 5.92 Å². The van der Waals surface area contributed by atoms with Crippen LogP contribution in [0.15, 0.2) is 27.6 Å². The fourth-order valence-corrected chi connectivity index (χ4v) is 2.70. The van der Waals surface area contributed by atoms with E-state index in [4.69, 9.17) is 20.2 Å². The molecule has 0 unspecified atom stereocenters. The minimum absolute atomic E-state index is 0.0319. The topological polar surface area (TPSA) is 52.6 Å². The van der Waals surface area contributed by atoms with Gasteiger partial charge in [-0.1, -0.05) is 13.8 Å². The number of hydrogen-bond acceptors (Lipinski definition) is 4. The Morgan fingerprint density at radius 3 is 2.53 bits per heavy atom. The molecule has 0 aliphatic heterocycles. The van der Waals surface area contributed by atoms with Gasteiger partial charge in [-0.15, -0.1) is 0 Å². The Labute approximate surface area is 126 Å². The van der Waals surface area contributed by atoms with Crippen LogP contribution in [0.3, 0.4) is 0 Å². The van der Waals surface area contributed by atoms with E-state index < -0.39 is 9.05 Å². The molecule has 19 heavy (non-hydrogen) atoms. The highest BCUT2D eigenvalue weighted by molar-refractivity contribution is 9.10. The fraction of sp³-hybridized carbons (Fsp3) is 0.500. The highest BCUT2D eigenvalue weighted by Crippen LogP contribution is 2.29. The Bertz CT molecular complexity index is 516. The third-order valence-corrected chi connectivity index (χ3v) is 4.09. The smallest absolute Gasteiger partial charge is 0.261 e. The van der Waals surface area contributed by atoms with Crippen LogP contribution >= 0.6 is 26.6 Å². The summed E-state index contributed by atoms with van der Waals surface area (Å²) >= 11 is 3.24. The van der Waals surface area contributed by atoms with Gasteiger partial charge in [0.05, 0.1) is 16.0 Å². The maximum Gasteiger partial charge on any atom is 0.261 e. The lowest BCUT2D eigenvalue weighted by atomic mass is 10.2. The van der Waals surface area contributed by atoms with Crippen molar-refractivity contribution < 1.29 is 17.9 Å². The predicted molar refractivity (Wildman–Crippen MR) is 78.3 cm³/mol. The second-order valence-electron chi connectivity index (χ2n) is 4.35. The summed E-state index contributed by atoms with van der Waals surface area (Å²) in [4.78, 5) is 0.0319. The summed E-state index contributed by atoms with van der Waals surface area (Å²) in [5.41, 5.74) is 0. The SMILES string of the molecule is CC(C)COCCOc1ccc(S(=O)(=O)Cl)cc1Br. The van der Waals surface area contributed by atoms with E-state index >= 15 is 0 Å². The lowest BCUT2D eigenvalue weighted by Crippen LogP contribution is -2.10. The van der Waals surface area contributed by atoms with Gasteiger partial charge in [0, 0.05) is 17.3 Å². The van der Waals surface area contributed by atoms with Crippen molar-refractivity contribution in [2.75, 3.05) is 19.8 Å². The largest absolute Gasteiger partial charge is 0.490 e. The lowest BCUT2D eigenvalue weighted by molar-refractivity contribution is 0.0817. The first kappa shape index (κ1) is 16.8. The Kier molecular flexibility index (Phi) is 6.59. The minimum atomic E-state index is -3.72. The zero-order valence-electron chi connectivity index (χ0n) is 10.7. The van der Waals surface area contributed by atoms with E-state index in [0.717, 1.165) is 0 Å². The zero-order chi connectivity index (χ0) is 14.5. The molecule has 1 aromatic rings. The molecular weight excluding hydrogens is 356 g/mol. The van der Waals surface area contributed by atoms with Crippen molar-refractivity contribution in [3.63, 3.8) is 0 Å². The van der Waals surface area contributed by atoms with Crippen LogP contribution in [0, 0.1) is 5.92 Å². The molecule has 4 nitrogen and oxygen atoms in total. The molecule has 0 heterocycles. The van der Waals surface area contributed by atoms with Crippen LogP contribution in [0.1, 0.15) is 13.8 Å². The molecule has 0 aliphatic carbocycles. The van der Waals surface area contributed by atoms with E-state index in [-0.39, 0.29) is 4.90 Å². The van der Waals surface area contributed by atoms with Crippen LogP contribution in [0.2, 0.25) is 0 Å². The minimum Gasteiger partial charge on any atom is -0.490 e. The summed E-state index contributed by atoms with van der Waals surface area (Å²) in [6.07, 6.45) is 0. The first-order valence-corrected chi connectivity index (χ1v) is 8.85. The van der Waals surface area contributed by atoms with E-state index in [1.165, 1.54) is 12.1 Å². The molecule has 7 heteroatoms. The molecule has 1 rings (SSSR count). The van der Waals surface area contributed by atoms with Gasteiger partial charge in [0.1, 0.15) is 12.4 Å². The van der Waals surface area contributed by atoms with Crippen molar-refractivity contribution in [3.8, 4) is 5.75 Å². The second kappa shape index (κ2) is 7.47. The number of benzene rings is 1. The summed E-state index contributed by atoms with van der Waals surface area (Å²) < 4.78 is 33.7. The molecule has 0 spiro atoms. The molecule has 0 fully saturated rings. The van der Waals surface area contributed by atoms with Crippen LogP contribution in [-0.4, -0.2) is 28.2 Å². The van der Waals surface area contributed by atoms with Gasteiger partial charge in [-0.25, -0.2) is 8.42 Å². The van der Waals surface area contributed by atoms with Crippen molar-refractivity contribution in [2.45, 2.75) is 18.7 Å². The van der Waals surface area contributed by atoms with E-state index in [0.29, 0.717) is 36.0 Å². The number of hydrogen-bond donors (Lipinski definition) is 0. The maximum absolute atomic E-state index is 11.1. The Balaban J connectivity index is 2.52. The molecule has 0 radical (unpaired) electrons. The van der Waals surface area contributed by atoms with Gasteiger partial charge in [-0.3, -0.25) is 0 Å². The monoisotopic (exact) mass is 370 g/mol. The molecule has 1 aromatic carbocycles. The van der Waals surface area contributed by atoms with Crippen LogP contribution in [0.5, 0.6) is 5.75 Å². The van der Waals surface area contributed by atoms with Crippen molar-refractivity contribution in [1.82, 2.24) is 0 Å². The van der Waals surface area contributed by atoms with E-state index in [1.54, 1.807) is 6.07 Å². The molecule has 0 saturated carbocycles. The van der Waals surface area contributed by atoms with Gasteiger partial charge >= 0.3 is 0 Å². The maximum atomic E-state index is 11.1. The summed E-state index contributed by atoms with van der Waals surface area (Å²) in [6, 6.07) is 4.37. The van der Waals surface area contributed by atoms with Gasteiger partial charge in [0.15, 0.2) is 0 Å². The predicted octanol–water partition coefficient (Wildman–Crippen LogP) is 3.43. The average molecular weight is 372 g/mol. The molecule has 0 aromatic heterocycles. The zero-order valence-corrected chi connectivity index (χ0v) is 13.9. The van der Waals surface area contributed by atoms with Crippen LogP contribution in [-0.2, 0) is 13.8 Å². The third kappa shape index (κ3) is 6.12. The third-order valence-electron chi connectivity index (χ3n) is 2.12. The fourth-order valence-electron chi connectivity index (χ4n) is 1.28. The van der Waals surface area contributed by atoms with Crippen molar-refractivity contribution in [3.05, 3.63) is 22.7 Å². The first-order valence-electron chi connectivity index (χ1n) is 5.75. The molecule has 0 N–H and O–H groups in total. The standard InChI is InChI=1S/C12H16BrClO4S/c1-9(2)8-17-5-6-18-12-4-3-10(7-11(12)13)19(14,15)16/h3-4,7,9H,5-6,8H2,1-2H3. The summed E-state index contributed by atoms with van der Waals surface area (Å²) in [5.74, 6) is 1.04. The highest BCUT2D eigenvalue weighted by Gasteiger charge is 2.12. The molecule has 108 valence electrons. The Hall–Kier alpha value is -0.300. The average Bonchev–Trinajstić information content (AvgIpc) is 2.28. The lowest BCUT2D eigenvalue weighted by Gasteiger charge is -2.10. The molecule has 0 aliphatic rings. The van der Waals surface area contributed by atoms with Gasteiger partial charge in [0.25, 0.3) is 9.05 Å². The molecular formula is C12H16BrClO4S. The number of halogens is 2. The molecule has 0 amide bonds. The molecule has 0 atom stereocenters. The number of ether oxygens (including phenoxy) is 2. The van der Waals surface area contributed by atoms with Crippen molar-refractivity contribution >= 4 is 35.7 Å². The van der Waals surface area contributed by atoms with Crippen LogP contribution in [0.4, 0.5) is 0 Å². The quantitative estimate of drug-likeness (QED) is 0.544. The second-order valence-corrected chi connectivity index (χ2v) is 7.77. The highest BCUT2D eigenvalue weighted by atomic mass is 79.9. The van der Waals surface area contributed by atoms with Gasteiger partial charge in [0.2, 0.25) is 0 Å². The van der Waals surface area contributed by atoms with Crippen LogP contribution in [0.25, 0.3) is 0 Å². The number of rotatable bonds is 7.